The minimum Gasteiger partial charge on any atom is -0.748 e. The first-order chi connectivity index (χ1) is 11.7. The molecule has 0 saturated carbocycles. The van der Waals surface area contributed by atoms with Crippen LogP contribution in [0.1, 0.15) is 27.1 Å². The van der Waals surface area contributed by atoms with Crippen LogP contribution in [0.4, 0.5) is 5.69 Å². The Morgan fingerprint density at radius 1 is 1.08 bits per heavy atom. The van der Waals surface area contributed by atoms with Crippen LogP contribution in [0.25, 0.3) is 10.8 Å². The number of nitro groups is 1. The standard InChI is InChI=1S/C15H12N2O7S.Na/c18-14-11-4-1-3-9-7-10(17(20)21)8-12(13(9)11)15(19)16(14)5-2-6-25(22,23)24;/h1,3-4,7-8H,2,5-6H2,(H,22,23,24);/q;+1/p-1. The van der Waals surface area contributed by atoms with Crippen molar-refractivity contribution < 1.29 is 57.0 Å². The number of nitrogens with zero attached hydrogens (tertiary/aromatic N) is 2. The molecule has 0 radical (unpaired) electrons. The molecule has 0 fully saturated rings. The molecule has 0 saturated heterocycles. The zero-order valence-corrected chi connectivity index (χ0v) is 16.5. The van der Waals surface area contributed by atoms with E-state index in [1.165, 1.54) is 12.1 Å². The number of non-ortho nitro benzene ring substituents is 1. The second-order valence-electron chi connectivity index (χ2n) is 5.53. The predicted octanol–water partition coefficient (Wildman–Crippen LogP) is -1.72. The van der Waals surface area contributed by atoms with E-state index >= 15 is 0 Å². The van der Waals surface area contributed by atoms with Gasteiger partial charge in [0.2, 0.25) is 0 Å². The van der Waals surface area contributed by atoms with E-state index in [1.54, 1.807) is 12.1 Å². The Balaban J connectivity index is 0.00000243. The minimum absolute atomic E-state index is 0. The van der Waals surface area contributed by atoms with Crippen molar-refractivity contribution >= 4 is 38.4 Å². The zero-order valence-electron chi connectivity index (χ0n) is 13.7. The predicted molar refractivity (Wildman–Crippen MR) is 85.2 cm³/mol. The molecule has 0 aliphatic carbocycles. The van der Waals surface area contributed by atoms with E-state index in [-0.39, 0.29) is 59.3 Å². The fourth-order valence-electron chi connectivity index (χ4n) is 2.85. The number of carbonyl (C=O) groups is 2. The molecule has 2 aromatic carbocycles. The van der Waals surface area contributed by atoms with Crippen molar-refractivity contribution in [2.75, 3.05) is 12.3 Å². The first kappa shape index (κ1) is 20.5. The summed E-state index contributed by atoms with van der Waals surface area (Å²) in [6.45, 7) is -0.266. The van der Waals surface area contributed by atoms with Crippen molar-refractivity contribution in [2.24, 2.45) is 0 Å². The summed E-state index contributed by atoms with van der Waals surface area (Å²) in [7, 11) is -4.47. The summed E-state index contributed by atoms with van der Waals surface area (Å²) in [5.74, 6) is -2.09. The van der Waals surface area contributed by atoms with Crippen molar-refractivity contribution in [1.29, 1.82) is 0 Å². The van der Waals surface area contributed by atoms with Crippen LogP contribution in [0.3, 0.4) is 0 Å². The number of rotatable bonds is 5. The van der Waals surface area contributed by atoms with Gasteiger partial charge in [-0.05, 0) is 17.9 Å². The largest absolute Gasteiger partial charge is 1.00 e. The molecule has 26 heavy (non-hydrogen) atoms. The molecule has 0 spiro atoms. The molecule has 0 aromatic heterocycles. The first-order valence-corrected chi connectivity index (χ1v) is 8.78. The molecule has 9 nitrogen and oxygen atoms in total. The SMILES string of the molecule is O=C1c2cccc3cc([N+](=O)[O-])cc(c23)C(=O)N1CCCS(=O)(=O)[O-].[Na+]. The molecule has 0 bridgehead atoms. The van der Waals surface area contributed by atoms with Gasteiger partial charge in [0.1, 0.15) is 0 Å². The Kier molecular flexibility index (Phi) is 5.83. The van der Waals surface area contributed by atoms with Gasteiger partial charge in [0, 0.05) is 35.4 Å². The summed E-state index contributed by atoms with van der Waals surface area (Å²) in [5.41, 5.74) is -0.0826. The quantitative estimate of drug-likeness (QED) is 0.196. The zero-order chi connectivity index (χ0) is 18.4. The van der Waals surface area contributed by atoms with Crippen LogP contribution in [0.15, 0.2) is 30.3 Å². The third-order valence-electron chi connectivity index (χ3n) is 3.90. The number of hydrogen-bond donors (Lipinski definition) is 0. The van der Waals surface area contributed by atoms with Crippen molar-refractivity contribution in [1.82, 2.24) is 4.90 Å². The fraction of sp³-hybridized carbons (Fsp3) is 0.200. The van der Waals surface area contributed by atoms with Crippen LogP contribution in [0.2, 0.25) is 0 Å². The molecular formula is C15H11N2NaO7S. The van der Waals surface area contributed by atoms with Gasteiger partial charge in [-0.15, -0.1) is 0 Å². The van der Waals surface area contributed by atoms with Gasteiger partial charge < -0.3 is 4.55 Å². The van der Waals surface area contributed by atoms with Crippen molar-refractivity contribution in [3.05, 3.63) is 51.6 Å². The van der Waals surface area contributed by atoms with E-state index in [0.29, 0.717) is 10.8 Å². The van der Waals surface area contributed by atoms with Crippen molar-refractivity contribution in [3.63, 3.8) is 0 Å². The van der Waals surface area contributed by atoms with Gasteiger partial charge in [-0.3, -0.25) is 24.6 Å². The molecule has 1 aliphatic heterocycles. The normalized spacial score (nSPS) is 13.7. The molecular weight excluding hydrogens is 375 g/mol. The van der Waals surface area contributed by atoms with E-state index < -0.39 is 32.6 Å². The molecule has 1 heterocycles. The van der Waals surface area contributed by atoms with Gasteiger partial charge >= 0.3 is 29.6 Å². The van der Waals surface area contributed by atoms with Crippen LogP contribution in [0, 0.1) is 10.1 Å². The Labute approximate surface area is 170 Å². The maximum atomic E-state index is 12.6. The molecule has 130 valence electrons. The topological polar surface area (TPSA) is 138 Å². The van der Waals surface area contributed by atoms with Crippen LogP contribution < -0.4 is 29.6 Å². The van der Waals surface area contributed by atoms with E-state index in [0.717, 1.165) is 11.0 Å². The van der Waals surface area contributed by atoms with Crippen LogP contribution in [0.5, 0.6) is 0 Å². The summed E-state index contributed by atoms with van der Waals surface area (Å²) >= 11 is 0. The van der Waals surface area contributed by atoms with E-state index in [9.17, 15) is 32.7 Å². The number of imide groups is 1. The molecule has 0 unspecified atom stereocenters. The van der Waals surface area contributed by atoms with Crippen LogP contribution >= 0.6 is 0 Å². The van der Waals surface area contributed by atoms with E-state index in [4.69, 9.17) is 0 Å². The van der Waals surface area contributed by atoms with E-state index in [2.05, 4.69) is 0 Å². The Morgan fingerprint density at radius 3 is 2.35 bits per heavy atom. The molecule has 0 atom stereocenters. The third-order valence-corrected chi connectivity index (χ3v) is 4.69. The average Bonchev–Trinajstić information content (AvgIpc) is 2.54. The summed E-state index contributed by atoms with van der Waals surface area (Å²) in [6.07, 6.45) is -0.205. The Hall–Kier alpha value is -1.85. The fourth-order valence-corrected chi connectivity index (χ4v) is 3.33. The van der Waals surface area contributed by atoms with Gasteiger partial charge in [-0.25, -0.2) is 8.42 Å². The number of hydrogen-bond acceptors (Lipinski definition) is 7. The van der Waals surface area contributed by atoms with E-state index in [1.807, 2.05) is 0 Å². The number of nitro benzene ring substituents is 1. The van der Waals surface area contributed by atoms with Crippen LogP contribution in [-0.4, -0.2) is 46.9 Å². The first-order valence-electron chi connectivity index (χ1n) is 7.20. The molecule has 3 rings (SSSR count). The molecule has 2 amide bonds. The summed E-state index contributed by atoms with van der Waals surface area (Å²) in [5, 5.41) is 11.8. The second-order valence-corrected chi connectivity index (χ2v) is 7.06. The molecule has 0 N–H and O–H groups in total. The maximum Gasteiger partial charge on any atom is 1.00 e. The number of carbonyl (C=O) groups excluding carboxylic acids is 2. The maximum absolute atomic E-state index is 12.6. The monoisotopic (exact) mass is 386 g/mol. The van der Waals surface area contributed by atoms with Crippen molar-refractivity contribution in [2.45, 2.75) is 6.42 Å². The van der Waals surface area contributed by atoms with Crippen LogP contribution in [-0.2, 0) is 10.1 Å². The molecule has 2 aromatic rings. The smallest absolute Gasteiger partial charge is 0.748 e. The van der Waals surface area contributed by atoms with Gasteiger partial charge in [-0.2, -0.15) is 0 Å². The van der Waals surface area contributed by atoms with Gasteiger partial charge in [-0.1, -0.05) is 12.1 Å². The molecule has 1 aliphatic rings. The molecule has 11 heteroatoms. The summed E-state index contributed by atoms with van der Waals surface area (Å²) < 4.78 is 32.1. The Bertz CT molecular complexity index is 1040. The Morgan fingerprint density at radius 2 is 1.73 bits per heavy atom. The number of amides is 2. The second kappa shape index (κ2) is 7.41. The van der Waals surface area contributed by atoms with Gasteiger partial charge in [0.15, 0.2) is 0 Å². The summed E-state index contributed by atoms with van der Waals surface area (Å²) in [6, 6.07) is 6.97. The minimum atomic E-state index is -4.47. The van der Waals surface area contributed by atoms with Gasteiger partial charge in [0.25, 0.3) is 17.5 Å². The summed E-state index contributed by atoms with van der Waals surface area (Å²) in [4.78, 5) is 36.4. The number of benzene rings is 2. The third kappa shape index (κ3) is 3.79. The van der Waals surface area contributed by atoms with Gasteiger partial charge in [0.05, 0.1) is 20.6 Å². The van der Waals surface area contributed by atoms with Crippen molar-refractivity contribution in [3.8, 4) is 0 Å². The average molecular weight is 386 g/mol.